The molecule has 1 aliphatic heterocycles. The fourth-order valence-corrected chi connectivity index (χ4v) is 2.87. The summed E-state index contributed by atoms with van der Waals surface area (Å²) < 4.78 is 15.9. The standard InChI is InChI=1S/C17H23N3O3/c1-21-16-9-14(10-17(11-16)22-2)12-19-5-7-20(8-6-19)13-15-3-4-18-23-15/h3-4,9-11H,5-8,12-13H2,1-2H3. The van der Waals surface area contributed by atoms with Gasteiger partial charge in [-0.25, -0.2) is 0 Å². The van der Waals surface area contributed by atoms with E-state index in [4.69, 9.17) is 14.0 Å². The molecule has 2 heterocycles. The van der Waals surface area contributed by atoms with E-state index in [0.717, 1.165) is 56.5 Å². The number of piperazine rings is 1. The summed E-state index contributed by atoms with van der Waals surface area (Å²) in [5.74, 6) is 2.60. The van der Waals surface area contributed by atoms with Crippen LogP contribution in [-0.4, -0.2) is 55.4 Å². The van der Waals surface area contributed by atoms with E-state index in [-0.39, 0.29) is 0 Å². The van der Waals surface area contributed by atoms with Crippen LogP contribution in [0.2, 0.25) is 0 Å². The second kappa shape index (κ2) is 7.48. The molecular formula is C17H23N3O3. The Morgan fingerprint density at radius 2 is 1.57 bits per heavy atom. The van der Waals surface area contributed by atoms with Gasteiger partial charge in [0, 0.05) is 44.9 Å². The first-order chi connectivity index (χ1) is 11.3. The van der Waals surface area contributed by atoms with Crippen LogP contribution in [0.15, 0.2) is 35.0 Å². The summed E-state index contributed by atoms with van der Waals surface area (Å²) >= 11 is 0. The quantitative estimate of drug-likeness (QED) is 0.812. The predicted molar refractivity (Wildman–Crippen MR) is 86.6 cm³/mol. The van der Waals surface area contributed by atoms with Crippen LogP contribution in [0.1, 0.15) is 11.3 Å². The van der Waals surface area contributed by atoms with Crippen LogP contribution in [0.3, 0.4) is 0 Å². The van der Waals surface area contributed by atoms with Crippen molar-refractivity contribution in [1.29, 1.82) is 0 Å². The molecule has 0 N–H and O–H groups in total. The Balaban J connectivity index is 1.54. The number of benzene rings is 1. The zero-order valence-corrected chi connectivity index (χ0v) is 13.7. The zero-order chi connectivity index (χ0) is 16.1. The van der Waals surface area contributed by atoms with E-state index < -0.39 is 0 Å². The van der Waals surface area contributed by atoms with Crippen molar-refractivity contribution in [3.05, 3.63) is 41.8 Å². The Bertz CT molecular complexity index is 585. The first-order valence-electron chi connectivity index (χ1n) is 7.83. The average Bonchev–Trinajstić information content (AvgIpc) is 3.09. The van der Waals surface area contributed by atoms with Crippen LogP contribution in [-0.2, 0) is 13.1 Å². The fourth-order valence-electron chi connectivity index (χ4n) is 2.87. The molecule has 1 fully saturated rings. The van der Waals surface area contributed by atoms with Crippen molar-refractivity contribution >= 4 is 0 Å². The first-order valence-corrected chi connectivity index (χ1v) is 7.83. The van der Waals surface area contributed by atoms with Gasteiger partial charge in [-0.1, -0.05) is 5.16 Å². The molecule has 23 heavy (non-hydrogen) atoms. The zero-order valence-electron chi connectivity index (χ0n) is 13.7. The third-order valence-electron chi connectivity index (χ3n) is 4.15. The maximum Gasteiger partial charge on any atom is 0.150 e. The van der Waals surface area contributed by atoms with Gasteiger partial charge in [0.15, 0.2) is 5.76 Å². The number of aromatic nitrogens is 1. The highest BCUT2D eigenvalue weighted by Crippen LogP contribution is 2.23. The number of methoxy groups -OCH3 is 2. The molecule has 2 aromatic rings. The van der Waals surface area contributed by atoms with Crippen LogP contribution in [0.25, 0.3) is 0 Å². The fraction of sp³-hybridized carbons (Fsp3) is 0.471. The van der Waals surface area contributed by atoms with Gasteiger partial charge in [0.1, 0.15) is 11.5 Å². The molecule has 3 rings (SSSR count). The summed E-state index contributed by atoms with van der Waals surface area (Å²) in [5, 5.41) is 3.76. The lowest BCUT2D eigenvalue weighted by molar-refractivity contribution is 0.113. The lowest BCUT2D eigenvalue weighted by Gasteiger charge is -2.34. The minimum atomic E-state index is 0.834. The highest BCUT2D eigenvalue weighted by atomic mass is 16.5. The SMILES string of the molecule is COc1cc(CN2CCN(Cc3ccno3)CC2)cc(OC)c1. The normalized spacial score (nSPS) is 16.4. The molecule has 0 amide bonds. The van der Waals surface area contributed by atoms with Gasteiger partial charge in [-0.05, 0) is 17.7 Å². The van der Waals surface area contributed by atoms with E-state index in [1.165, 1.54) is 5.56 Å². The molecule has 0 bridgehead atoms. The van der Waals surface area contributed by atoms with Gasteiger partial charge in [0.2, 0.25) is 0 Å². The molecule has 1 aliphatic rings. The number of rotatable bonds is 6. The van der Waals surface area contributed by atoms with Crippen molar-refractivity contribution in [2.24, 2.45) is 0 Å². The molecule has 0 unspecified atom stereocenters. The van der Waals surface area contributed by atoms with Gasteiger partial charge in [0.05, 0.1) is 27.0 Å². The molecule has 0 spiro atoms. The monoisotopic (exact) mass is 317 g/mol. The van der Waals surface area contributed by atoms with Crippen LogP contribution in [0.4, 0.5) is 0 Å². The van der Waals surface area contributed by atoms with E-state index in [9.17, 15) is 0 Å². The highest BCUT2D eigenvalue weighted by molar-refractivity contribution is 5.38. The van der Waals surface area contributed by atoms with Crippen molar-refractivity contribution in [1.82, 2.24) is 15.0 Å². The van der Waals surface area contributed by atoms with E-state index in [1.54, 1.807) is 20.4 Å². The topological polar surface area (TPSA) is 51.0 Å². The summed E-state index contributed by atoms with van der Waals surface area (Å²) in [7, 11) is 3.36. The van der Waals surface area contributed by atoms with E-state index in [1.807, 2.05) is 12.1 Å². The molecule has 124 valence electrons. The summed E-state index contributed by atoms with van der Waals surface area (Å²) in [4.78, 5) is 4.84. The molecule has 0 atom stereocenters. The van der Waals surface area contributed by atoms with Crippen molar-refractivity contribution in [2.45, 2.75) is 13.1 Å². The molecule has 6 heteroatoms. The van der Waals surface area contributed by atoms with Crippen LogP contribution in [0, 0.1) is 0 Å². The second-order valence-corrected chi connectivity index (χ2v) is 5.75. The molecule has 1 saturated heterocycles. The number of ether oxygens (including phenoxy) is 2. The Morgan fingerprint density at radius 1 is 0.957 bits per heavy atom. The largest absolute Gasteiger partial charge is 0.497 e. The van der Waals surface area contributed by atoms with Crippen molar-refractivity contribution in [3.8, 4) is 11.5 Å². The maximum absolute atomic E-state index is 5.34. The Kier molecular flexibility index (Phi) is 5.15. The lowest BCUT2D eigenvalue weighted by atomic mass is 10.1. The minimum Gasteiger partial charge on any atom is -0.497 e. The number of hydrogen-bond donors (Lipinski definition) is 0. The molecule has 0 saturated carbocycles. The third-order valence-corrected chi connectivity index (χ3v) is 4.15. The predicted octanol–water partition coefficient (Wildman–Crippen LogP) is 2.01. The Labute approximate surface area is 136 Å². The van der Waals surface area contributed by atoms with E-state index >= 15 is 0 Å². The van der Waals surface area contributed by atoms with Gasteiger partial charge in [-0.15, -0.1) is 0 Å². The summed E-state index contributed by atoms with van der Waals surface area (Å²) in [6.07, 6.45) is 1.70. The second-order valence-electron chi connectivity index (χ2n) is 5.75. The van der Waals surface area contributed by atoms with Gasteiger partial charge in [-0.2, -0.15) is 0 Å². The van der Waals surface area contributed by atoms with Gasteiger partial charge >= 0.3 is 0 Å². The van der Waals surface area contributed by atoms with Crippen LogP contribution in [0.5, 0.6) is 11.5 Å². The van der Waals surface area contributed by atoms with Crippen LogP contribution < -0.4 is 9.47 Å². The van der Waals surface area contributed by atoms with Crippen LogP contribution >= 0.6 is 0 Å². The molecule has 1 aromatic heterocycles. The van der Waals surface area contributed by atoms with Crippen molar-refractivity contribution in [2.75, 3.05) is 40.4 Å². The molecular weight excluding hydrogens is 294 g/mol. The van der Waals surface area contributed by atoms with E-state index in [0.29, 0.717) is 0 Å². The number of nitrogens with zero attached hydrogens (tertiary/aromatic N) is 3. The maximum atomic E-state index is 5.34. The summed E-state index contributed by atoms with van der Waals surface area (Å²) in [6, 6.07) is 7.97. The summed E-state index contributed by atoms with van der Waals surface area (Å²) in [6.45, 7) is 5.87. The average molecular weight is 317 g/mol. The Morgan fingerprint density at radius 3 is 2.09 bits per heavy atom. The van der Waals surface area contributed by atoms with E-state index in [2.05, 4.69) is 27.1 Å². The molecule has 0 aliphatic carbocycles. The van der Waals surface area contributed by atoms with Crippen molar-refractivity contribution < 1.29 is 14.0 Å². The molecule has 1 aromatic carbocycles. The summed E-state index contributed by atoms with van der Waals surface area (Å²) in [5.41, 5.74) is 1.21. The third kappa shape index (κ3) is 4.24. The highest BCUT2D eigenvalue weighted by Gasteiger charge is 2.18. The first kappa shape index (κ1) is 15.8. The van der Waals surface area contributed by atoms with Crippen molar-refractivity contribution in [3.63, 3.8) is 0 Å². The number of hydrogen-bond acceptors (Lipinski definition) is 6. The smallest absolute Gasteiger partial charge is 0.150 e. The van der Waals surface area contributed by atoms with Gasteiger partial charge in [-0.3, -0.25) is 9.80 Å². The lowest BCUT2D eigenvalue weighted by Crippen LogP contribution is -2.45. The Hall–Kier alpha value is -2.05. The van der Waals surface area contributed by atoms with Gasteiger partial charge in [0.25, 0.3) is 0 Å². The molecule has 0 radical (unpaired) electrons. The van der Waals surface area contributed by atoms with Gasteiger partial charge < -0.3 is 14.0 Å². The molecule has 6 nitrogen and oxygen atoms in total. The minimum absolute atomic E-state index is 0.834.